The van der Waals surface area contributed by atoms with Gasteiger partial charge in [0.2, 0.25) is 11.8 Å². The Kier molecular flexibility index (Phi) is 33.4. The van der Waals surface area contributed by atoms with Crippen LogP contribution in [0, 0.1) is 0 Å². The highest BCUT2D eigenvalue weighted by Crippen LogP contribution is 2.37. The molecule has 0 fully saturated rings. The number of carbonyl (C=O) groups excluding carboxylic acids is 4. The first-order valence-corrected chi connectivity index (χ1v) is 31.5. The van der Waals surface area contributed by atoms with E-state index in [0.29, 0.717) is 11.5 Å². The molecule has 0 heterocycles. The second-order valence-electron chi connectivity index (χ2n) is 19.3. The maximum atomic E-state index is 12.4. The second kappa shape index (κ2) is 41.1. The molecule has 0 radical (unpaired) electrons. The smallest absolute Gasteiger partial charge is 0.315 e. The minimum atomic E-state index is -1.36. The predicted octanol–water partition coefficient (Wildman–Crippen LogP) is 15.6. The van der Waals surface area contributed by atoms with Crippen molar-refractivity contribution < 1.29 is 38.0 Å². The fourth-order valence-electron chi connectivity index (χ4n) is 8.85. The summed E-state index contributed by atoms with van der Waals surface area (Å²) in [6.45, 7) is 1.43. The monoisotopic (exact) mass is 1250 g/mol. The van der Waals surface area contributed by atoms with Crippen LogP contribution in [0.4, 0.5) is 0 Å². The number of carbonyl (C=O) groups is 4. The van der Waals surface area contributed by atoms with Crippen LogP contribution in [0.15, 0.2) is 303 Å². The molecule has 89 heavy (non-hydrogen) atoms. The van der Waals surface area contributed by atoms with E-state index in [0.717, 1.165) is 33.4 Å². The maximum Gasteiger partial charge on any atom is 0.315 e. The maximum absolute atomic E-state index is 12.4. The van der Waals surface area contributed by atoms with Gasteiger partial charge in [-0.25, -0.2) is 0 Å². The lowest BCUT2D eigenvalue weighted by atomic mass is 10.0. The molecule has 10 rings (SSSR count). The standard InChI is InChI=1S/C16H16O2S.C15H15NO2S.C15H15NOS.C15H14O2.C13H12O.CH4.H3N/c1-18-15(17)12-19-16(13-8-4-2-5-9-13)14-10-6-3-7-11-14;16-14(17)11-19(18)15(12-7-3-1-4-8-12)13-9-5-2-6-10-13;16-14(17)11-18-15(12-7-3-1-4-8-12)13-9-5-2-6-10-13;1-12(16)17-15(13-8-4-2-5-9-13)14-10-6-3-7-11-14;14-13(11-7-3-1-4-8-11)12-9-5-2-6-10-12;;/h2-11,16H,12H2,1H3;1-10,15H,11H2,(H2,16,17);1-10,15H,11H2,(H2,16,17);2-11,15H,1H3;1-10,13-14H;1H4;1H3. The molecule has 0 aliphatic rings. The third-order valence-electron chi connectivity index (χ3n) is 12.9. The zero-order valence-corrected chi connectivity index (χ0v) is 51.7. The van der Waals surface area contributed by atoms with E-state index < -0.39 is 22.8 Å². The van der Waals surface area contributed by atoms with Crippen molar-refractivity contribution in [3.8, 4) is 0 Å². The van der Waals surface area contributed by atoms with Gasteiger partial charge in [-0.15, -0.1) is 23.5 Å². The average molecular weight is 1250 g/mol. The Morgan fingerprint density at radius 3 is 0.899 bits per heavy atom. The van der Waals surface area contributed by atoms with E-state index in [-0.39, 0.29) is 59.0 Å². The number of methoxy groups -OCH3 is 1. The number of hydrogen-bond acceptors (Lipinski definition) is 11. The molecule has 460 valence electrons. The van der Waals surface area contributed by atoms with Crippen molar-refractivity contribution in [3.05, 3.63) is 359 Å². The first-order chi connectivity index (χ1) is 42.4. The highest BCUT2D eigenvalue weighted by atomic mass is 32.2. The van der Waals surface area contributed by atoms with Gasteiger partial charge in [0, 0.05) is 17.7 Å². The first kappa shape index (κ1) is 72.3. The van der Waals surface area contributed by atoms with Crippen LogP contribution in [0.25, 0.3) is 0 Å². The number of rotatable bonds is 20. The van der Waals surface area contributed by atoms with Crippen molar-refractivity contribution in [2.75, 3.05) is 24.4 Å². The number of primary amides is 2. The molecule has 2 amide bonds. The molecule has 8 N–H and O–H groups in total. The van der Waals surface area contributed by atoms with Gasteiger partial charge in [-0.1, -0.05) is 311 Å². The van der Waals surface area contributed by atoms with Gasteiger partial charge in [-0.05, 0) is 55.6 Å². The van der Waals surface area contributed by atoms with Crippen LogP contribution in [0.3, 0.4) is 0 Å². The highest BCUT2D eigenvalue weighted by Gasteiger charge is 2.23. The molecule has 1 atom stereocenters. The van der Waals surface area contributed by atoms with Crippen LogP contribution in [0.1, 0.15) is 97.9 Å². The highest BCUT2D eigenvalue weighted by molar-refractivity contribution is 8.00. The van der Waals surface area contributed by atoms with Crippen LogP contribution in [0.5, 0.6) is 0 Å². The van der Waals surface area contributed by atoms with Crippen LogP contribution in [0.2, 0.25) is 0 Å². The number of ether oxygens (including phenoxy) is 2. The zero-order valence-electron chi connectivity index (χ0n) is 49.3. The van der Waals surface area contributed by atoms with Crippen LogP contribution >= 0.6 is 23.5 Å². The normalized spacial score (nSPS) is 10.6. The Labute approximate surface area is 536 Å². The quantitative estimate of drug-likeness (QED) is 0.0527. The summed E-state index contributed by atoms with van der Waals surface area (Å²) in [6, 6.07) is 98.6. The number of aliphatic hydroxyl groups is 1. The topological polar surface area (TPSA) is 211 Å². The molecule has 0 spiro atoms. The summed E-state index contributed by atoms with van der Waals surface area (Å²) in [5.74, 6) is -0.745. The van der Waals surface area contributed by atoms with E-state index >= 15 is 0 Å². The summed E-state index contributed by atoms with van der Waals surface area (Å²) in [4.78, 5) is 44.5. The van der Waals surface area contributed by atoms with E-state index in [1.54, 1.807) is 23.5 Å². The molecular formula is C75H79N3O8S3. The number of aliphatic hydroxyl groups excluding tert-OH is 1. The summed E-state index contributed by atoms with van der Waals surface area (Å²) in [5, 5.41) is 9.97. The molecule has 10 aromatic carbocycles. The van der Waals surface area contributed by atoms with Gasteiger partial charge in [0.15, 0.2) is 6.10 Å². The van der Waals surface area contributed by atoms with E-state index in [1.807, 2.05) is 255 Å². The van der Waals surface area contributed by atoms with E-state index in [1.165, 1.54) is 36.3 Å². The molecule has 14 heteroatoms. The fourth-order valence-corrected chi connectivity index (χ4v) is 12.4. The Balaban J connectivity index is 0.000000237. The average Bonchev–Trinajstić information content (AvgIpc) is 3.70. The summed E-state index contributed by atoms with van der Waals surface area (Å²) >= 11 is 3.15. The van der Waals surface area contributed by atoms with Gasteiger partial charge in [0.1, 0.15) is 11.9 Å². The minimum Gasteiger partial charge on any atom is -0.468 e. The number of hydrogen-bond donors (Lipinski definition) is 4. The third kappa shape index (κ3) is 25.6. The molecule has 0 saturated heterocycles. The number of amides is 2. The van der Waals surface area contributed by atoms with Gasteiger partial charge < -0.3 is 32.2 Å². The molecule has 11 nitrogen and oxygen atoms in total. The molecule has 0 saturated carbocycles. The summed E-state index contributed by atoms with van der Waals surface area (Å²) < 4.78 is 22.5. The van der Waals surface area contributed by atoms with Gasteiger partial charge in [0.25, 0.3) is 0 Å². The molecule has 0 aliphatic carbocycles. The first-order valence-electron chi connectivity index (χ1n) is 28.0. The van der Waals surface area contributed by atoms with Crippen molar-refractivity contribution >= 4 is 58.1 Å². The molecule has 0 bridgehead atoms. The zero-order chi connectivity index (χ0) is 61.9. The van der Waals surface area contributed by atoms with Gasteiger partial charge in [-0.3, -0.25) is 23.4 Å². The third-order valence-corrected chi connectivity index (χ3v) is 17.1. The van der Waals surface area contributed by atoms with Gasteiger partial charge >= 0.3 is 11.9 Å². The molecule has 1 unspecified atom stereocenters. The number of thioether (sulfide) groups is 2. The van der Waals surface area contributed by atoms with E-state index in [2.05, 4.69) is 48.5 Å². The van der Waals surface area contributed by atoms with Crippen molar-refractivity contribution in [3.63, 3.8) is 0 Å². The van der Waals surface area contributed by atoms with Crippen LogP contribution < -0.4 is 17.6 Å². The van der Waals surface area contributed by atoms with E-state index in [4.69, 9.17) is 20.9 Å². The van der Waals surface area contributed by atoms with Crippen molar-refractivity contribution in [1.29, 1.82) is 0 Å². The number of esters is 2. The van der Waals surface area contributed by atoms with Crippen molar-refractivity contribution in [2.24, 2.45) is 11.5 Å². The Bertz CT molecular complexity index is 3360. The lowest BCUT2D eigenvalue weighted by Gasteiger charge is -2.17. The second-order valence-corrected chi connectivity index (χ2v) is 23.0. The minimum absolute atomic E-state index is 0. The summed E-state index contributed by atoms with van der Waals surface area (Å²) in [7, 11) is 0.0552. The SMILES string of the molecule is C.CC(=O)OC(c1ccccc1)c1ccccc1.COC(=O)CSC(c1ccccc1)c1ccccc1.N.NC(=O)CS(=O)C(c1ccccc1)c1ccccc1.NC(=O)CSC(c1ccccc1)c1ccccc1.OC(c1ccccc1)c1ccccc1. The molecule has 10 aromatic rings. The Hall–Kier alpha value is -9.15. The van der Waals surface area contributed by atoms with E-state index in [9.17, 15) is 28.5 Å². The van der Waals surface area contributed by atoms with Crippen molar-refractivity contribution in [1.82, 2.24) is 6.15 Å². The van der Waals surface area contributed by atoms with Crippen LogP contribution in [-0.4, -0.2) is 57.4 Å². The predicted molar refractivity (Wildman–Crippen MR) is 368 cm³/mol. The summed E-state index contributed by atoms with van der Waals surface area (Å²) in [5.41, 5.74) is 20.8. The Morgan fingerprint density at radius 1 is 0.404 bits per heavy atom. The van der Waals surface area contributed by atoms with Crippen LogP contribution in [-0.2, 0) is 39.5 Å². The Morgan fingerprint density at radius 2 is 0.652 bits per heavy atom. The molecule has 0 aliphatic heterocycles. The van der Waals surface area contributed by atoms with Gasteiger partial charge in [-0.2, -0.15) is 0 Å². The number of benzene rings is 10. The molecule has 0 aromatic heterocycles. The summed E-state index contributed by atoms with van der Waals surface area (Å²) in [6.07, 6.45) is -0.840. The number of nitrogens with two attached hydrogens (primary N) is 2. The van der Waals surface area contributed by atoms with Crippen molar-refractivity contribution in [2.45, 2.75) is 42.3 Å². The largest absolute Gasteiger partial charge is 0.468 e. The molecular weight excluding hydrogens is 1170 g/mol. The van der Waals surface area contributed by atoms with Gasteiger partial charge in [0.05, 0.1) is 34.4 Å². The fraction of sp³-hybridized carbons (Fsp3) is 0.147. The lowest BCUT2D eigenvalue weighted by Crippen LogP contribution is -2.23. The lowest BCUT2D eigenvalue weighted by molar-refractivity contribution is -0.144.